The van der Waals surface area contributed by atoms with Gasteiger partial charge in [0.1, 0.15) is 5.82 Å². The minimum atomic E-state index is -3.27. The van der Waals surface area contributed by atoms with E-state index in [4.69, 9.17) is 0 Å². The second-order valence-corrected chi connectivity index (χ2v) is 5.95. The molecular weight excluding hydrogens is 227 g/mol. The van der Waals surface area contributed by atoms with Crippen LogP contribution in [0.2, 0.25) is 0 Å². The molecule has 0 saturated carbocycles. The Morgan fingerprint density at radius 3 is 2.06 bits per heavy atom. The average molecular weight is 244 g/mol. The number of sulfone groups is 1. The van der Waals surface area contributed by atoms with Crippen LogP contribution in [0.1, 0.15) is 26.7 Å². The van der Waals surface area contributed by atoms with Crippen molar-refractivity contribution in [3.05, 3.63) is 30.1 Å². The monoisotopic (exact) mass is 244 g/mol. The molecule has 0 bridgehead atoms. The highest BCUT2D eigenvalue weighted by atomic mass is 32.2. The van der Waals surface area contributed by atoms with E-state index in [-0.39, 0.29) is 16.6 Å². The van der Waals surface area contributed by atoms with Gasteiger partial charge in [-0.3, -0.25) is 0 Å². The summed E-state index contributed by atoms with van der Waals surface area (Å²) in [5.74, 6) is -0.0948. The zero-order chi connectivity index (χ0) is 12.2. The van der Waals surface area contributed by atoms with Crippen molar-refractivity contribution in [1.29, 1.82) is 0 Å². The lowest BCUT2D eigenvalue weighted by Crippen LogP contribution is -2.15. The van der Waals surface area contributed by atoms with Gasteiger partial charge in [-0.15, -0.1) is 0 Å². The zero-order valence-electron chi connectivity index (χ0n) is 9.61. The van der Waals surface area contributed by atoms with Gasteiger partial charge in [0.15, 0.2) is 9.84 Å². The Morgan fingerprint density at radius 2 is 1.62 bits per heavy atom. The van der Waals surface area contributed by atoms with Gasteiger partial charge in [-0.1, -0.05) is 26.7 Å². The van der Waals surface area contributed by atoms with E-state index in [2.05, 4.69) is 0 Å². The summed E-state index contributed by atoms with van der Waals surface area (Å²) >= 11 is 0. The van der Waals surface area contributed by atoms with E-state index in [9.17, 15) is 12.8 Å². The molecule has 0 aromatic heterocycles. The maximum atomic E-state index is 12.7. The number of rotatable bonds is 5. The third-order valence-electron chi connectivity index (χ3n) is 2.78. The Labute approximate surface area is 96.4 Å². The van der Waals surface area contributed by atoms with Crippen molar-refractivity contribution in [3.8, 4) is 0 Å². The summed E-state index contributed by atoms with van der Waals surface area (Å²) in [7, 11) is -3.27. The first-order chi connectivity index (χ1) is 7.49. The molecule has 1 aromatic rings. The molecule has 1 aromatic carbocycles. The number of hydrogen-bond donors (Lipinski definition) is 0. The first-order valence-corrected chi connectivity index (χ1v) is 7.13. The van der Waals surface area contributed by atoms with Gasteiger partial charge in [0, 0.05) is 0 Å². The van der Waals surface area contributed by atoms with Gasteiger partial charge in [0.05, 0.1) is 10.6 Å². The summed E-state index contributed by atoms with van der Waals surface area (Å²) in [5, 5.41) is 0. The van der Waals surface area contributed by atoms with Gasteiger partial charge < -0.3 is 0 Å². The smallest absolute Gasteiger partial charge is 0.178 e. The summed E-state index contributed by atoms with van der Waals surface area (Å²) in [5.41, 5.74) is 0. The Kier molecular flexibility index (Phi) is 4.47. The third kappa shape index (κ3) is 3.30. The van der Waals surface area contributed by atoms with Crippen LogP contribution >= 0.6 is 0 Å². The second-order valence-electron chi connectivity index (χ2n) is 3.92. The van der Waals surface area contributed by atoms with Crippen molar-refractivity contribution < 1.29 is 12.8 Å². The molecule has 0 spiro atoms. The molecule has 0 aliphatic carbocycles. The fourth-order valence-corrected chi connectivity index (χ4v) is 3.41. The van der Waals surface area contributed by atoms with E-state index in [1.165, 1.54) is 24.3 Å². The second kappa shape index (κ2) is 5.43. The van der Waals surface area contributed by atoms with Crippen LogP contribution in [0.25, 0.3) is 0 Å². The van der Waals surface area contributed by atoms with Crippen LogP contribution in [0.3, 0.4) is 0 Å². The topological polar surface area (TPSA) is 34.1 Å². The summed E-state index contributed by atoms with van der Waals surface area (Å²) < 4.78 is 36.6. The standard InChI is InChI=1S/C12H17FO2S/c1-3-10(4-2)9-16(14,15)12-7-5-11(13)6-8-12/h5-8,10H,3-4,9H2,1-2H3. The van der Waals surface area contributed by atoms with Crippen LogP contribution in [0.5, 0.6) is 0 Å². The minimum Gasteiger partial charge on any atom is -0.224 e. The van der Waals surface area contributed by atoms with Gasteiger partial charge in [0.25, 0.3) is 0 Å². The van der Waals surface area contributed by atoms with Crippen molar-refractivity contribution in [2.45, 2.75) is 31.6 Å². The van der Waals surface area contributed by atoms with Crippen molar-refractivity contribution >= 4 is 9.84 Å². The molecule has 0 aliphatic heterocycles. The van der Waals surface area contributed by atoms with Gasteiger partial charge in [-0.2, -0.15) is 0 Å². The van der Waals surface area contributed by atoms with Crippen LogP contribution in [0, 0.1) is 11.7 Å². The van der Waals surface area contributed by atoms with E-state index in [0.717, 1.165) is 12.8 Å². The van der Waals surface area contributed by atoms with Gasteiger partial charge >= 0.3 is 0 Å². The molecule has 0 amide bonds. The predicted octanol–water partition coefficient (Wildman–Crippen LogP) is 3.04. The van der Waals surface area contributed by atoms with E-state index in [0.29, 0.717) is 0 Å². The highest BCUT2D eigenvalue weighted by Crippen LogP contribution is 2.18. The van der Waals surface area contributed by atoms with Crippen molar-refractivity contribution in [2.24, 2.45) is 5.92 Å². The van der Waals surface area contributed by atoms with E-state index in [1.807, 2.05) is 13.8 Å². The quantitative estimate of drug-likeness (QED) is 0.746. The van der Waals surface area contributed by atoms with Crippen LogP contribution in [0.15, 0.2) is 29.2 Å². The molecule has 0 saturated heterocycles. The molecule has 2 nitrogen and oxygen atoms in total. The van der Waals surface area contributed by atoms with Crippen LogP contribution in [0.4, 0.5) is 4.39 Å². The number of halogens is 1. The Bertz CT molecular complexity index is 419. The highest BCUT2D eigenvalue weighted by molar-refractivity contribution is 7.91. The summed E-state index contributed by atoms with van der Waals surface area (Å²) in [6.07, 6.45) is 1.69. The van der Waals surface area contributed by atoms with Gasteiger partial charge in [-0.25, -0.2) is 12.8 Å². The molecule has 0 atom stereocenters. The molecule has 4 heteroatoms. The average Bonchev–Trinajstić information content (AvgIpc) is 2.26. The molecule has 0 heterocycles. The Balaban J connectivity index is 2.89. The molecule has 16 heavy (non-hydrogen) atoms. The van der Waals surface area contributed by atoms with Crippen LogP contribution in [-0.2, 0) is 9.84 Å². The zero-order valence-corrected chi connectivity index (χ0v) is 10.4. The molecule has 1 rings (SSSR count). The van der Waals surface area contributed by atoms with Crippen LogP contribution in [-0.4, -0.2) is 14.2 Å². The predicted molar refractivity (Wildman–Crippen MR) is 62.5 cm³/mol. The fraction of sp³-hybridized carbons (Fsp3) is 0.500. The lowest BCUT2D eigenvalue weighted by Gasteiger charge is -2.12. The van der Waals surface area contributed by atoms with E-state index < -0.39 is 15.7 Å². The van der Waals surface area contributed by atoms with E-state index in [1.54, 1.807) is 0 Å². The van der Waals surface area contributed by atoms with Gasteiger partial charge in [-0.05, 0) is 30.2 Å². The Morgan fingerprint density at radius 1 is 1.12 bits per heavy atom. The maximum Gasteiger partial charge on any atom is 0.178 e. The first kappa shape index (κ1) is 13.2. The summed E-state index contributed by atoms with van der Waals surface area (Å²) in [6, 6.07) is 5.01. The molecule has 0 fully saturated rings. The molecule has 0 aliphatic rings. The van der Waals surface area contributed by atoms with Crippen molar-refractivity contribution in [3.63, 3.8) is 0 Å². The van der Waals surface area contributed by atoms with Crippen LogP contribution < -0.4 is 0 Å². The molecule has 0 N–H and O–H groups in total. The molecule has 90 valence electrons. The van der Waals surface area contributed by atoms with Crippen molar-refractivity contribution in [2.75, 3.05) is 5.75 Å². The summed E-state index contributed by atoms with van der Waals surface area (Å²) in [4.78, 5) is 0.209. The first-order valence-electron chi connectivity index (χ1n) is 5.48. The largest absolute Gasteiger partial charge is 0.224 e. The lowest BCUT2D eigenvalue weighted by molar-refractivity contribution is 0.523. The molecular formula is C12H17FO2S. The Hall–Kier alpha value is -0.900. The third-order valence-corrected chi connectivity index (χ3v) is 4.68. The lowest BCUT2D eigenvalue weighted by atomic mass is 10.1. The van der Waals surface area contributed by atoms with Crippen molar-refractivity contribution in [1.82, 2.24) is 0 Å². The van der Waals surface area contributed by atoms with Gasteiger partial charge in [0.2, 0.25) is 0 Å². The highest BCUT2D eigenvalue weighted by Gasteiger charge is 2.18. The molecule has 0 unspecified atom stereocenters. The maximum absolute atomic E-state index is 12.7. The fourth-order valence-electron chi connectivity index (χ4n) is 1.57. The molecule has 0 radical (unpaired) electrons. The van der Waals surface area contributed by atoms with E-state index >= 15 is 0 Å². The number of hydrogen-bond acceptors (Lipinski definition) is 2. The normalized spacial score (nSPS) is 12.0. The summed E-state index contributed by atoms with van der Waals surface area (Å²) in [6.45, 7) is 3.96. The number of benzene rings is 1. The minimum absolute atomic E-state index is 0.144. The SMILES string of the molecule is CCC(CC)CS(=O)(=O)c1ccc(F)cc1.